The molecule has 0 aliphatic carbocycles. The molecule has 1 unspecified atom stereocenters. The fourth-order valence-electron chi connectivity index (χ4n) is 2.46. The standard InChI is InChI=1S/C15H20N2/c1-3-11(4-2)15(16)14-10-17-9-12-7-5-6-8-13(12)14/h5-11,15H,3-4,16H2,1-2H3. The zero-order valence-corrected chi connectivity index (χ0v) is 10.6. The van der Waals surface area contributed by atoms with E-state index in [1.165, 1.54) is 16.3 Å². The Hall–Kier alpha value is -1.41. The van der Waals surface area contributed by atoms with Crippen LogP contribution in [0.5, 0.6) is 0 Å². The number of fused-ring (bicyclic) bond motifs is 1. The lowest BCUT2D eigenvalue weighted by atomic mass is 9.88. The summed E-state index contributed by atoms with van der Waals surface area (Å²) in [5.74, 6) is 0.530. The van der Waals surface area contributed by atoms with E-state index in [2.05, 4.69) is 37.0 Å². The van der Waals surface area contributed by atoms with Crippen LogP contribution in [-0.4, -0.2) is 4.98 Å². The van der Waals surface area contributed by atoms with Gasteiger partial charge in [0.2, 0.25) is 0 Å². The molecule has 2 N–H and O–H groups in total. The first-order chi connectivity index (χ1) is 8.27. The minimum absolute atomic E-state index is 0.0867. The topological polar surface area (TPSA) is 38.9 Å². The summed E-state index contributed by atoms with van der Waals surface area (Å²) in [6.45, 7) is 4.40. The van der Waals surface area contributed by atoms with E-state index in [1.54, 1.807) is 0 Å². The van der Waals surface area contributed by atoms with E-state index in [0.29, 0.717) is 5.92 Å². The maximum Gasteiger partial charge on any atom is 0.0346 e. The van der Waals surface area contributed by atoms with Gasteiger partial charge in [0.1, 0.15) is 0 Å². The van der Waals surface area contributed by atoms with Crippen LogP contribution < -0.4 is 5.73 Å². The van der Waals surface area contributed by atoms with Crippen LogP contribution in [0.2, 0.25) is 0 Å². The molecule has 1 heterocycles. The molecule has 90 valence electrons. The van der Waals surface area contributed by atoms with E-state index < -0.39 is 0 Å². The molecule has 1 aromatic heterocycles. The predicted octanol–water partition coefficient (Wildman–Crippen LogP) is 3.67. The van der Waals surface area contributed by atoms with Crippen molar-refractivity contribution in [2.45, 2.75) is 32.7 Å². The number of benzene rings is 1. The number of hydrogen-bond acceptors (Lipinski definition) is 2. The number of pyridine rings is 1. The SMILES string of the molecule is CCC(CC)C(N)c1cncc2ccccc12. The summed E-state index contributed by atoms with van der Waals surface area (Å²) in [5.41, 5.74) is 7.56. The molecule has 2 rings (SSSR count). The number of aromatic nitrogens is 1. The van der Waals surface area contributed by atoms with E-state index in [-0.39, 0.29) is 6.04 Å². The molecule has 17 heavy (non-hydrogen) atoms. The molecule has 2 heteroatoms. The van der Waals surface area contributed by atoms with Gasteiger partial charge in [-0.05, 0) is 16.9 Å². The van der Waals surface area contributed by atoms with Crippen molar-refractivity contribution in [3.8, 4) is 0 Å². The van der Waals surface area contributed by atoms with Gasteiger partial charge in [-0.15, -0.1) is 0 Å². The second-order valence-corrected chi connectivity index (χ2v) is 4.55. The average molecular weight is 228 g/mol. The summed E-state index contributed by atoms with van der Waals surface area (Å²) in [4.78, 5) is 4.30. The van der Waals surface area contributed by atoms with Gasteiger partial charge in [-0.2, -0.15) is 0 Å². The van der Waals surface area contributed by atoms with Crippen LogP contribution in [0.1, 0.15) is 38.3 Å². The molecule has 2 nitrogen and oxygen atoms in total. The van der Waals surface area contributed by atoms with Crippen LogP contribution in [0.25, 0.3) is 10.8 Å². The highest BCUT2D eigenvalue weighted by Gasteiger charge is 2.18. The van der Waals surface area contributed by atoms with Crippen LogP contribution in [0.4, 0.5) is 0 Å². The molecule has 0 radical (unpaired) electrons. The van der Waals surface area contributed by atoms with E-state index in [0.717, 1.165) is 12.8 Å². The zero-order valence-electron chi connectivity index (χ0n) is 10.6. The number of hydrogen-bond donors (Lipinski definition) is 1. The largest absolute Gasteiger partial charge is 0.324 e. The van der Waals surface area contributed by atoms with Crippen molar-refractivity contribution >= 4 is 10.8 Å². The molecule has 0 amide bonds. The van der Waals surface area contributed by atoms with Crippen LogP contribution >= 0.6 is 0 Å². The van der Waals surface area contributed by atoms with Gasteiger partial charge in [-0.1, -0.05) is 51.0 Å². The van der Waals surface area contributed by atoms with E-state index in [1.807, 2.05) is 18.5 Å². The Bertz CT molecular complexity index is 484. The number of nitrogens with zero attached hydrogens (tertiary/aromatic N) is 1. The lowest BCUT2D eigenvalue weighted by Crippen LogP contribution is -2.20. The molecule has 0 aliphatic heterocycles. The van der Waals surface area contributed by atoms with Crippen LogP contribution in [-0.2, 0) is 0 Å². The van der Waals surface area contributed by atoms with Gasteiger partial charge in [-0.25, -0.2) is 0 Å². The molecule has 2 aromatic rings. The summed E-state index contributed by atoms with van der Waals surface area (Å²) >= 11 is 0. The summed E-state index contributed by atoms with van der Waals surface area (Å²) in [7, 11) is 0. The highest BCUT2D eigenvalue weighted by Crippen LogP contribution is 2.29. The third-order valence-electron chi connectivity index (χ3n) is 3.61. The van der Waals surface area contributed by atoms with Crippen molar-refractivity contribution < 1.29 is 0 Å². The van der Waals surface area contributed by atoms with Gasteiger partial charge in [0.15, 0.2) is 0 Å². The lowest BCUT2D eigenvalue weighted by molar-refractivity contribution is 0.406. The van der Waals surface area contributed by atoms with Crippen LogP contribution in [0.3, 0.4) is 0 Å². The van der Waals surface area contributed by atoms with Gasteiger partial charge in [-0.3, -0.25) is 4.98 Å². The predicted molar refractivity (Wildman–Crippen MR) is 72.7 cm³/mol. The maximum atomic E-state index is 6.39. The average Bonchev–Trinajstić information content (AvgIpc) is 2.39. The first kappa shape index (κ1) is 12.1. The minimum Gasteiger partial charge on any atom is -0.324 e. The van der Waals surface area contributed by atoms with Crippen LogP contribution in [0.15, 0.2) is 36.7 Å². The minimum atomic E-state index is 0.0867. The summed E-state index contributed by atoms with van der Waals surface area (Å²) < 4.78 is 0. The second-order valence-electron chi connectivity index (χ2n) is 4.55. The Balaban J connectivity index is 2.47. The summed E-state index contributed by atoms with van der Waals surface area (Å²) in [6, 6.07) is 8.41. The van der Waals surface area contributed by atoms with Crippen molar-refractivity contribution in [1.29, 1.82) is 0 Å². The van der Waals surface area contributed by atoms with E-state index in [4.69, 9.17) is 5.73 Å². The summed E-state index contributed by atoms with van der Waals surface area (Å²) in [6.07, 6.45) is 6.05. The smallest absolute Gasteiger partial charge is 0.0346 e. The van der Waals surface area contributed by atoms with E-state index in [9.17, 15) is 0 Å². The molecule has 1 aromatic carbocycles. The molecule has 0 aliphatic rings. The molecule has 1 atom stereocenters. The first-order valence-electron chi connectivity index (χ1n) is 6.36. The molecule has 0 saturated carbocycles. The Morgan fingerprint density at radius 3 is 2.53 bits per heavy atom. The van der Waals surface area contributed by atoms with Gasteiger partial charge in [0.25, 0.3) is 0 Å². The maximum absolute atomic E-state index is 6.39. The molecule has 0 bridgehead atoms. The van der Waals surface area contributed by atoms with Crippen molar-refractivity contribution in [1.82, 2.24) is 4.98 Å². The Labute approximate surface area is 103 Å². The first-order valence-corrected chi connectivity index (χ1v) is 6.36. The molecule has 0 fully saturated rings. The zero-order chi connectivity index (χ0) is 12.3. The third-order valence-corrected chi connectivity index (χ3v) is 3.61. The van der Waals surface area contributed by atoms with Gasteiger partial charge in [0, 0.05) is 23.8 Å². The Morgan fingerprint density at radius 2 is 1.82 bits per heavy atom. The highest BCUT2D eigenvalue weighted by atomic mass is 14.7. The van der Waals surface area contributed by atoms with Gasteiger partial charge < -0.3 is 5.73 Å². The van der Waals surface area contributed by atoms with Gasteiger partial charge in [0.05, 0.1) is 0 Å². The molecule has 0 spiro atoms. The fourth-order valence-corrected chi connectivity index (χ4v) is 2.46. The normalized spacial score (nSPS) is 13.2. The summed E-state index contributed by atoms with van der Waals surface area (Å²) in [5, 5.41) is 2.41. The molecular weight excluding hydrogens is 208 g/mol. The van der Waals surface area contributed by atoms with E-state index >= 15 is 0 Å². The van der Waals surface area contributed by atoms with Crippen molar-refractivity contribution in [2.24, 2.45) is 11.7 Å². The molecule has 0 saturated heterocycles. The second kappa shape index (κ2) is 5.28. The number of rotatable bonds is 4. The Morgan fingerprint density at radius 1 is 1.12 bits per heavy atom. The van der Waals surface area contributed by atoms with Crippen molar-refractivity contribution in [2.75, 3.05) is 0 Å². The quantitative estimate of drug-likeness (QED) is 0.867. The van der Waals surface area contributed by atoms with Crippen LogP contribution in [0, 0.1) is 5.92 Å². The lowest BCUT2D eigenvalue weighted by Gasteiger charge is -2.22. The number of nitrogens with two attached hydrogens (primary N) is 1. The fraction of sp³-hybridized carbons (Fsp3) is 0.400. The monoisotopic (exact) mass is 228 g/mol. The van der Waals surface area contributed by atoms with Crippen molar-refractivity contribution in [3.05, 3.63) is 42.2 Å². The van der Waals surface area contributed by atoms with Gasteiger partial charge >= 0.3 is 0 Å². The Kier molecular flexibility index (Phi) is 3.75. The molecular formula is C15H20N2. The third kappa shape index (κ3) is 2.32. The highest BCUT2D eigenvalue weighted by molar-refractivity contribution is 5.85. The van der Waals surface area contributed by atoms with Crippen molar-refractivity contribution in [3.63, 3.8) is 0 Å².